The molecular weight excluding hydrogens is 656 g/mol. The van der Waals surface area contributed by atoms with Crippen molar-refractivity contribution in [2.45, 2.75) is 88.1 Å². The van der Waals surface area contributed by atoms with E-state index in [2.05, 4.69) is 9.73 Å². The number of rotatable bonds is 12. The Morgan fingerprint density at radius 2 is 1.76 bits per heavy atom. The quantitative estimate of drug-likeness (QED) is 0.0673. The molecule has 0 radical (unpaired) electrons. The molecule has 1 aliphatic heterocycles. The zero-order valence-corrected chi connectivity index (χ0v) is 28.0. The number of ether oxygens (including phenoxy) is 4. The maximum Gasteiger partial charge on any atom is 0.305 e. The van der Waals surface area contributed by atoms with Gasteiger partial charge in [-0.2, -0.15) is 0 Å². The van der Waals surface area contributed by atoms with Crippen LogP contribution in [0.25, 0.3) is 0 Å². The number of aliphatic hydroxyl groups excluding tert-OH is 2. The molecule has 0 aromatic heterocycles. The fourth-order valence-electron chi connectivity index (χ4n) is 6.91. The first-order valence-electron chi connectivity index (χ1n) is 16.3. The molecule has 2 aromatic carbocycles. The minimum absolute atomic E-state index is 0.000863. The summed E-state index contributed by atoms with van der Waals surface area (Å²) in [4.78, 5) is 56.0. The number of esters is 1. The van der Waals surface area contributed by atoms with Crippen LogP contribution in [0.2, 0.25) is 0 Å². The van der Waals surface area contributed by atoms with Crippen molar-refractivity contribution in [3.8, 4) is 17.2 Å². The van der Waals surface area contributed by atoms with Crippen molar-refractivity contribution in [2.75, 3.05) is 27.4 Å². The summed E-state index contributed by atoms with van der Waals surface area (Å²) in [6.45, 7) is 0.380. The van der Waals surface area contributed by atoms with E-state index >= 15 is 0 Å². The number of unbranched alkanes of at least 4 members (excludes halogenated alkanes) is 1. The van der Waals surface area contributed by atoms with Gasteiger partial charge in [0.05, 0.1) is 68.1 Å². The molecular formula is C35H42N2O13. The van der Waals surface area contributed by atoms with Crippen LogP contribution >= 0.6 is 0 Å². The molecule has 6 atom stereocenters. The van der Waals surface area contributed by atoms with Crippen molar-refractivity contribution in [1.82, 2.24) is 0 Å². The summed E-state index contributed by atoms with van der Waals surface area (Å²) < 4.78 is 22.0. The predicted octanol–water partition coefficient (Wildman–Crippen LogP) is 1.18. The van der Waals surface area contributed by atoms with Crippen LogP contribution in [0.3, 0.4) is 0 Å². The molecule has 1 saturated heterocycles. The van der Waals surface area contributed by atoms with Gasteiger partial charge in [-0.15, -0.1) is 0 Å². The van der Waals surface area contributed by atoms with Gasteiger partial charge in [0.2, 0.25) is 5.78 Å². The van der Waals surface area contributed by atoms with E-state index < -0.39 is 102 Å². The Morgan fingerprint density at radius 3 is 2.42 bits per heavy atom. The van der Waals surface area contributed by atoms with E-state index in [-0.39, 0.29) is 58.8 Å². The molecule has 15 nitrogen and oxygen atoms in total. The summed E-state index contributed by atoms with van der Waals surface area (Å²) in [5, 5.41) is 56.3. The van der Waals surface area contributed by atoms with Gasteiger partial charge in [0.25, 0.3) is 0 Å². The van der Waals surface area contributed by atoms with Crippen molar-refractivity contribution >= 4 is 29.0 Å². The summed E-state index contributed by atoms with van der Waals surface area (Å²) in [6.07, 6.45) is -4.03. The lowest BCUT2D eigenvalue weighted by Crippen LogP contribution is -2.53. The van der Waals surface area contributed by atoms with Gasteiger partial charge in [0.1, 0.15) is 22.8 Å². The first-order valence-corrected chi connectivity index (χ1v) is 16.3. The molecule has 5 rings (SSSR count). The van der Waals surface area contributed by atoms with Crippen LogP contribution < -0.4 is 10.5 Å². The van der Waals surface area contributed by atoms with Gasteiger partial charge >= 0.3 is 5.97 Å². The average molecular weight is 699 g/mol. The monoisotopic (exact) mass is 698 g/mol. The number of phenols is 2. The summed E-state index contributed by atoms with van der Waals surface area (Å²) in [5.41, 5.74) is 2.46. The van der Waals surface area contributed by atoms with Crippen LogP contribution in [0.4, 0.5) is 0 Å². The smallest absolute Gasteiger partial charge is 0.305 e. The van der Waals surface area contributed by atoms with Crippen LogP contribution in [0.15, 0.2) is 23.2 Å². The highest BCUT2D eigenvalue weighted by molar-refractivity contribution is 6.31. The minimum Gasteiger partial charge on any atom is -0.507 e. The molecule has 3 aliphatic rings. The Labute approximate surface area is 287 Å². The van der Waals surface area contributed by atoms with Crippen LogP contribution in [0, 0.1) is 0 Å². The number of benzene rings is 2. The van der Waals surface area contributed by atoms with E-state index in [1.165, 1.54) is 32.4 Å². The molecule has 0 spiro atoms. The van der Waals surface area contributed by atoms with Crippen LogP contribution in [0.1, 0.15) is 94.5 Å². The van der Waals surface area contributed by atoms with Gasteiger partial charge in [0.15, 0.2) is 17.9 Å². The molecule has 0 bridgehead atoms. The molecule has 6 unspecified atom stereocenters. The second kappa shape index (κ2) is 14.9. The number of phenolic OH excluding ortho intramolecular Hbond substituents is 2. The molecule has 1 heterocycles. The zero-order valence-electron chi connectivity index (χ0n) is 28.0. The van der Waals surface area contributed by atoms with Gasteiger partial charge in [-0.25, -0.2) is 0 Å². The third-order valence-electron chi connectivity index (χ3n) is 9.59. The maximum atomic E-state index is 13.9. The van der Waals surface area contributed by atoms with E-state index in [9.17, 15) is 44.7 Å². The summed E-state index contributed by atoms with van der Waals surface area (Å²) in [5.74, 6) is -3.52. The summed E-state index contributed by atoms with van der Waals surface area (Å²) in [6, 6.07) is 3.62. The number of aromatic hydroxyl groups is 2. The second-order valence-electron chi connectivity index (χ2n) is 12.8. The van der Waals surface area contributed by atoms with Gasteiger partial charge < -0.3 is 50.2 Å². The van der Waals surface area contributed by atoms with Gasteiger partial charge in [-0.3, -0.25) is 24.2 Å². The van der Waals surface area contributed by atoms with Gasteiger partial charge in [-0.1, -0.05) is 12.1 Å². The van der Waals surface area contributed by atoms with Crippen molar-refractivity contribution in [1.29, 1.82) is 0 Å². The highest BCUT2D eigenvalue weighted by Gasteiger charge is 2.49. The number of nitrogens with two attached hydrogens (primary N) is 1. The molecule has 270 valence electrons. The minimum atomic E-state index is -2.08. The van der Waals surface area contributed by atoms with E-state index in [0.717, 1.165) is 0 Å². The number of nitrogens with zero attached hydrogens (tertiary/aromatic N) is 1. The SMILES string of the molecule is COC(=O)CCCCC(=O)CN=C(CO)C1(O)Cc2c(O)c3c(c(O)c2C(OC2CC(N)C(O)C(C)O2)C1)C(=O)c1c(OC)cccc1C3=O. The number of methoxy groups -OCH3 is 2. The number of Topliss-reactive ketones (excluding diaryl/α,β-unsaturated/α-hetero) is 1. The van der Waals surface area contributed by atoms with Crippen molar-refractivity contribution in [2.24, 2.45) is 10.7 Å². The van der Waals surface area contributed by atoms with Crippen molar-refractivity contribution < 1.29 is 63.7 Å². The summed E-state index contributed by atoms with van der Waals surface area (Å²) in [7, 11) is 2.60. The van der Waals surface area contributed by atoms with Crippen LogP contribution in [0.5, 0.6) is 17.2 Å². The number of hydrogen-bond acceptors (Lipinski definition) is 15. The number of fused-ring (bicyclic) bond motifs is 3. The Hall–Kier alpha value is -4.25. The van der Waals surface area contributed by atoms with E-state index in [1.54, 1.807) is 6.92 Å². The van der Waals surface area contributed by atoms with E-state index in [4.69, 9.17) is 19.9 Å². The highest BCUT2D eigenvalue weighted by Crippen LogP contribution is 2.52. The topological polar surface area (TPSA) is 245 Å². The Kier molecular flexibility index (Phi) is 11.1. The normalized spacial score (nSPS) is 26.1. The molecule has 0 saturated carbocycles. The Bertz CT molecular complexity index is 1710. The second-order valence-corrected chi connectivity index (χ2v) is 12.8. The third kappa shape index (κ3) is 6.89. The largest absolute Gasteiger partial charge is 0.507 e. The molecule has 50 heavy (non-hydrogen) atoms. The molecule has 2 aliphatic carbocycles. The third-order valence-corrected chi connectivity index (χ3v) is 9.59. The fourth-order valence-corrected chi connectivity index (χ4v) is 6.91. The molecule has 7 N–H and O–H groups in total. The first-order chi connectivity index (χ1) is 23.8. The van der Waals surface area contributed by atoms with Crippen molar-refractivity contribution in [3.63, 3.8) is 0 Å². The lowest BCUT2D eigenvalue weighted by molar-refractivity contribution is -0.245. The van der Waals surface area contributed by atoms with Gasteiger partial charge in [0, 0.05) is 54.8 Å². The number of carbonyl (C=O) groups excluding carboxylic acids is 4. The Morgan fingerprint density at radius 1 is 1.06 bits per heavy atom. The molecule has 0 amide bonds. The number of aliphatic imine (C=N–C) groups is 1. The van der Waals surface area contributed by atoms with E-state index in [1.807, 2.05) is 0 Å². The molecule has 2 aromatic rings. The predicted molar refractivity (Wildman–Crippen MR) is 175 cm³/mol. The number of hydrogen-bond donors (Lipinski definition) is 6. The number of aliphatic hydroxyl groups is 3. The molecule has 1 fully saturated rings. The van der Waals surface area contributed by atoms with E-state index in [0.29, 0.717) is 12.8 Å². The lowest BCUT2D eigenvalue weighted by Gasteiger charge is -2.43. The fraction of sp³-hybridized carbons (Fsp3) is 0.514. The van der Waals surface area contributed by atoms with Crippen molar-refractivity contribution in [3.05, 3.63) is 51.6 Å². The average Bonchev–Trinajstić information content (AvgIpc) is 3.08. The summed E-state index contributed by atoms with van der Waals surface area (Å²) >= 11 is 0. The highest BCUT2D eigenvalue weighted by atomic mass is 16.7. The van der Waals surface area contributed by atoms with Crippen LogP contribution in [-0.4, -0.2) is 112 Å². The number of ketones is 3. The number of carbonyl (C=O) groups is 4. The standard InChI is InChI=1S/C35H42N2O13/c1-16-30(41)20(36)11-25(49-16)50-22-13-35(46,23(15-38)37-14-17(39)7-4-5-10-24(40)48-3)12-19-27(22)34(45)29-28(32(19)43)31(42)18-8-6-9-21(47-2)26(18)33(29)44/h6,8-9,16,20,22,25,30,38,41,43,45-46H,4-5,7,10-15,36H2,1-3H3. The maximum absolute atomic E-state index is 13.9. The Balaban J connectivity index is 1.55. The van der Waals surface area contributed by atoms with Gasteiger partial charge in [-0.05, 0) is 25.8 Å². The first kappa shape index (κ1) is 37.0. The lowest BCUT2D eigenvalue weighted by atomic mass is 9.71. The van der Waals surface area contributed by atoms with Crippen LogP contribution in [-0.2, 0) is 30.2 Å². The molecule has 15 heteroatoms. The zero-order chi connectivity index (χ0) is 36.5.